The number of fused-ring (bicyclic) bond motifs is 2. The smallest absolute Gasteiger partial charge is 0.223 e. The van der Waals surface area contributed by atoms with Gasteiger partial charge in [-0.2, -0.15) is 11.8 Å². The van der Waals surface area contributed by atoms with Crippen LogP contribution >= 0.6 is 24.2 Å². The Morgan fingerprint density at radius 2 is 2.05 bits per heavy atom. The van der Waals surface area contributed by atoms with Gasteiger partial charge in [-0.3, -0.25) is 4.79 Å². The molecule has 2 fully saturated rings. The second-order valence-corrected chi connectivity index (χ2v) is 6.62. The molecule has 0 aromatic carbocycles. The van der Waals surface area contributed by atoms with Gasteiger partial charge in [0.2, 0.25) is 5.91 Å². The Kier molecular flexibility index (Phi) is 8.19. The van der Waals surface area contributed by atoms with E-state index >= 15 is 0 Å². The molecule has 2 bridgehead atoms. The molecule has 3 nitrogen and oxygen atoms in total. The first kappa shape index (κ1) is 17.1. The Balaban J connectivity index is 0.00000180. The lowest BCUT2D eigenvalue weighted by atomic mass is 10.1. The number of thioether (sulfide) groups is 1. The Labute approximate surface area is 127 Å². The van der Waals surface area contributed by atoms with Crippen LogP contribution in [0, 0.1) is 0 Å². The molecule has 2 aliphatic rings. The second-order valence-electron chi connectivity index (χ2n) is 5.39. The third kappa shape index (κ3) is 4.83. The largest absolute Gasteiger partial charge is 0.335 e. The normalized spacial score (nSPS) is 25.8. The zero-order valence-corrected chi connectivity index (χ0v) is 13.5. The summed E-state index contributed by atoms with van der Waals surface area (Å²) in [5.74, 6) is 2.61. The standard InChI is InChI=1S/C14H26N2OS.ClH/c1-2-3-9-18-10-7-14(17)16-12-4-5-13(16)11-15-8-6-12;/h12-13,15H,2-11H2,1H3;1H. The van der Waals surface area contributed by atoms with Crippen LogP contribution in [0.2, 0.25) is 0 Å². The van der Waals surface area contributed by atoms with Crippen LogP contribution in [0.25, 0.3) is 0 Å². The molecule has 2 heterocycles. The van der Waals surface area contributed by atoms with Crippen LogP contribution in [0.15, 0.2) is 0 Å². The number of hydrogen-bond acceptors (Lipinski definition) is 3. The molecule has 19 heavy (non-hydrogen) atoms. The van der Waals surface area contributed by atoms with Gasteiger partial charge in [-0.25, -0.2) is 0 Å². The van der Waals surface area contributed by atoms with E-state index in [4.69, 9.17) is 0 Å². The summed E-state index contributed by atoms with van der Waals surface area (Å²) in [4.78, 5) is 14.5. The van der Waals surface area contributed by atoms with Crippen molar-refractivity contribution < 1.29 is 4.79 Å². The molecule has 1 amide bonds. The van der Waals surface area contributed by atoms with Crippen molar-refractivity contribution in [1.82, 2.24) is 10.2 Å². The van der Waals surface area contributed by atoms with Gasteiger partial charge in [-0.1, -0.05) is 13.3 Å². The highest BCUT2D eigenvalue weighted by atomic mass is 35.5. The highest BCUT2D eigenvalue weighted by Crippen LogP contribution is 2.28. The van der Waals surface area contributed by atoms with Crippen LogP contribution in [-0.2, 0) is 4.79 Å². The topological polar surface area (TPSA) is 32.3 Å². The van der Waals surface area contributed by atoms with Gasteiger partial charge < -0.3 is 10.2 Å². The first-order valence-electron chi connectivity index (χ1n) is 7.42. The molecular formula is C14H27ClN2OS. The van der Waals surface area contributed by atoms with Crippen molar-refractivity contribution in [3.05, 3.63) is 0 Å². The van der Waals surface area contributed by atoms with Crippen molar-refractivity contribution in [2.75, 3.05) is 24.6 Å². The van der Waals surface area contributed by atoms with Crippen LogP contribution in [0.5, 0.6) is 0 Å². The van der Waals surface area contributed by atoms with Gasteiger partial charge >= 0.3 is 0 Å². The average Bonchev–Trinajstić information content (AvgIpc) is 2.62. The number of nitrogens with zero attached hydrogens (tertiary/aromatic N) is 1. The van der Waals surface area contributed by atoms with E-state index in [1.165, 1.54) is 31.4 Å². The molecule has 0 aliphatic carbocycles. The molecule has 0 radical (unpaired) electrons. The fraction of sp³-hybridized carbons (Fsp3) is 0.929. The summed E-state index contributed by atoms with van der Waals surface area (Å²) in [6.45, 7) is 4.30. The van der Waals surface area contributed by atoms with E-state index in [0.717, 1.165) is 31.7 Å². The number of carbonyl (C=O) groups is 1. The van der Waals surface area contributed by atoms with Crippen molar-refractivity contribution in [2.24, 2.45) is 0 Å². The minimum Gasteiger partial charge on any atom is -0.335 e. The monoisotopic (exact) mass is 306 g/mol. The number of rotatable bonds is 6. The van der Waals surface area contributed by atoms with Gasteiger partial charge in [0, 0.05) is 30.8 Å². The lowest BCUT2D eigenvalue weighted by molar-refractivity contribution is -0.133. The SMILES string of the molecule is CCCCSCCC(=O)N1C2CCNCC1CC2.Cl. The predicted octanol–water partition coefficient (Wildman–Crippen LogP) is 2.68. The zero-order chi connectivity index (χ0) is 12.8. The molecule has 0 spiro atoms. The maximum Gasteiger partial charge on any atom is 0.223 e. The third-order valence-corrected chi connectivity index (χ3v) is 5.11. The van der Waals surface area contributed by atoms with Crippen molar-refractivity contribution in [2.45, 2.75) is 57.5 Å². The van der Waals surface area contributed by atoms with Crippen molar-refractivity contribution in [3.63, 3.8) is 0 Å². The molecule has 0 saturated carbocycles. The minimum absolute atomic E-state index is 0. The molecule has 0 aromatic rings. The fourth-order valence-corrected chi connectivity index (χ4v) is 4.04. The van der Waals surface area contributed by atoms with E-state index in [-0.39, 0.29) is 12.4 Å². The van der Waals surface area contributed by atoms with Crippen LogP contribution in [0.1, 0.15) is 45.4 Å². The lowest BCUT2D eigenvalue weighted by Crippen LogP contribution is -2.42. The summed E-state index contributed by atoms with van der Waals surface area (Å²) >= 11 is 1.94. The van der Waals surface area contributed by atoms with E-state index < -0.39 is 0 Å². The Morgan fingerprint density at radius 1 is 1.26 bits per heavy atom. The van der Waals surface area contributed by atoms with Crippen LogP contribution in [0.4, 0.5) is 0 Å². The summed E-state index contributed by atoms with van der Waals surface area (Å²) in [7, 11) is 0. The average molecular weight is 307 g/mol. The highest BCUT2D eigenvalue weighted by Gasteiger charge is 2.37. The van der Waals surface area contributed by atoms with E-state index in [9.17, 15) is 4.79 Å². The number of amides is 1. The van der Waals surface area contributed by atoms with E-state index in [0.29, 0.717) is 18.0 Å². The quantitative estimate of drug-likeness (QED) is 0.766. The van der Waals surface area contributed by atoms with E-state index in [1.54, 1.807) is 0 Å². The minimum atomic E-state index is 0. The summed E-state index contributed by atoms with van der Waals surface area (Å²) in [5.41, 5.74) is 0. The molecule has 5 heteroatoms. The lowest BCUT2D eigenvalue weighted by Gasteiger charge is -2.27. The van der Waals surface area contributed by atoms with Crippen LogP contribution in [-0.4, -0.2) is 47.5 Å². The summed E-state index contributed by atoms with van der Waals surface area (Å²) in [6, 6.07) is 1.00. The Morgan fingerprint density at radius 3 is 2.84 bits per heavy atom. The molecule has 2 rings (SSSR count). The van der Waals surface area contributed by atoms with Gasteiger partial charge in [-0.05, 0) is 38.0 Å². The molecular weight excluding hydrogens is 280 g/mol. The van der Waals surface area contributed by atoms with Crippen molar-refractivity contribution in [3.8, 4) is 0 Å². The Hall–Kier alpha value is 0.0700. The van der Waals surface area contributed by atoms with Crippen molar-refractivity contribution >= 4 is 30.1 Å². The number of carbonyl (C=O) groups excluding carboxylic acids is 1. The van der Waals surface area contributed by atoms with Crippen molar-refractivity contribution in [1.29, 1.82) is 0 Å². The van der Waals surface area contributed by atoms with Crippen LogP contribution < -0.4 is 5.32 Å². The third-order valence-electron chi connectivity index (χ3n) is 4.04. The van der Waals surface area contributed by atoms with Gasteiger partial charge in [0.05, 0.1) is 0 Å². The summed E-state index contributed by atoms with van der Waals surface area (Å²) in [6.07, 6.45) is 6.83. The fourth-order valence-electron chi connectivity index (χ4n) is 3.03. The maximum absolute atomic E-state index is 12.3. The molecule has 2 unspecified atom stereocenters. The van der Waals surface area contributed by atoms with Crippen LogP contribution in [0.3, 0.4) is 0 Å². The molecule has 0 aromatic heterocycles. The molecule has 2 aliphatic heterocycles. The number of nitrogens with one attached hydrogen (secondary N) is 1. The number of unbranched alkanes of at least 4 members (excludes halogenated alkanes) is 1. The van der Waals surface area contributed by atoms with E-state index in [1.807, 2.05) is 11.8 Å². The molecule has 1 N–H and O–H groups in total. The number of halogens is 1. The molecule has 112 valence electrons. The van der Waals surface area contributed by atoms with Gasteiger partial charge in [0.1, 0.15) is 0 Å². The number of hydrogen-bond donors (Lipinski definition) is 1. The van der Waals surface area contributed by atoms with E-state index in [2.05, 4.69) is 17.1 Å². The Bertz CT molecular complexity index is 264. The summed E-state index contributed by atoms with van der Waals surface area (Å²) < 4.78 is 0. The van der Waals surface area contributed by atoms with Gasteiger partial charge in [0.15, 0.2) is 0 Å². The summed E-state index contributed by atoms with van der Waals surface area (Å²) in [5, 5.41) is 3.45. The first-order chi connectivity index (χ1) is 8.83. The molecule has 2 saturated heterocycles. The molecule has 2 atom stereocenters. The first-order valence-corrected chi connectivity index (χ1v) is 8.58. The van der Waals surface area contributed by atoms with Gasteiger partial charge in [0.25, 0.3) is 0 Å². The highest BCUT2D eigenvalue weighted by molar-refractivity contribution is 7.99. The predicted molar refractivity (Wildman–Crippen MR) is 85.2 cm³/mol. The second kappa shape index (κ2) is 9.09. The zero-order valence-electron chi connectivity index (χ0n) is 11.9. The van der Waals surface area contributed by atoms with Gasteiger partial charge in [-0.15, -0.1) is 12.4 Å². The maximum atomic E-state index is 12.3.